The van der Waals surface area contributed by atoms with E-state index < -0.39 is 0 Å². The van der Waals surface area contributed by atoms with Crippen molar-refractivity contribution in [3.63, 3.8) is 0 Å². The Bertz CT molecular complexity index is 750. The maximum Gasteiger partial charge on any atom is 0.247 e. The van der Waals surface area contributed by atoms with E-state index in [1.807, 2.05) is 25.3 Å². The average molecular weight is 274 g/mol. The van der Waals surface area contributed by atoms with Gasteiger partial charge in [-0.05, 0) is 36.8 Å². The van der Waals surface area contributed by atoms with Gasteiger partial charge in [-0.15, -0.1) is 5.10 Å². The van der Waals surface area contributed by atoms with Gasteiger partial charge in [-0.2, -0.15) is 4.98 Å². The van der Waals surface area contributed by atoms with Crippen LogP contribution >= 0.6 is 11.6 Å². The van der Waals surface area contributed by atoms with Crippen LogP contribution in [0.25, 0.3) is 5.65 Å². The Kier molecular flexibility index (Phi) is 2.76. The van der Waals surface area contributed by atoms with Crippen LogP contribution in [0.1, 0.15) is 5.56 Å². The van der Waals surface area contributed by atoms with Gasteiger partial charge in [0.05, 0.1) is 10.7 Å². The Balaban J connectivity index is 1.98. The third-order valence-electron chi connectivity index (χ3n) is 2.72. The quantitative estimate of drug-likeness (QED) is 0.704. The summed E-state index contributed by atoms with van der Waals surface area (Å²) in [5, 5.41) is 7.97. The zero-order valence-electron chi connectivity index (χ0n) is 10.3. The molecule has 0 amide bonds. The zero-order chi connectivity index (χ0) is 13.4. The summed E-state index contributed by atoms with van der Waals surface area (Å²) in [6, 6.07) is 9.13. The number of anilines is 3. The fourth-order valence-electron chi connectivity index (χ4n) is 1.80. The van der Waals surface area contributed by atoms with Gasteiger partial charge in [0.15, 0.2) is 5.65 Å². The second kappa shape index (κ2) is 4.44. The molecule has 0 fully saturated rings. The predicted octanol–water partition coefficient (Wildman–Crippen LogP) is 3.02. The van der Waals surface area contributed by atoms with E-state index in [1.165, 1.54) is 0 Å². The Morgan fingerprint density at radius 3 is 2.95 bits per heavy atom. The molecule has 0 unspecified atom stereocenters. The van der Waals surface area contributed by atoms with Gasteiger partial charge in [0.1, 0.15) is 0 Å². The summed E-state index contributed by atoms with van der Waals surface area (Å²) in [7, 11) is 0. The molecule has 0 saturated heterocycles. The highest BCUT2D eigenvalue weighted by atomic mass is 35.5. The standard InChI is InChI=1S/C13H12ClN5/c1-8-2-5-12-17-13(18-19(12)7-8)16-11-6-9(15)3-4-10(11)14/h2-7H,15H2,1H3,(H,16,18). The number of nitrogens with zero attached hydrogens (tertiary/aromatic N) is 3. The van der Waals surface area contributed by atoms with E-state index >= 15 is 0 Å². The van der Waals surface area contributed by atoms with E-state index in [-0.39, 0.29) is 0 Å². The van der Waals surface area contributed by atoms with Gasteiger partial charge in [0.25, 0.3) is 0 Å². The monoisotopic (exact) mass is 273 g/mol. The number of nitrogens with one attached hydrogen (secondary N) is 1. The van der Waals surface area contributed by atoms with Gasteiger partial charge in [-0.3, -0.25) is 0 Å². The van der Waals surface area contributed by atoms with Crippen LogP contribution in [0, 0.1) is 6.92 Å². The largest absolute Gasteiger partial charge is 0.399 e. The van der Waals surface area contributed by atoms with Crippen LogP contribution in [-0.2, 0) is 0 Å². The summed E-state index contributed by atoms with van der Waals surface area (Å²) in [5.41, 5.74) is 8.94. The van der Waals surface area contributed by atoms with Crippen LogP contribution in [0.15, 0.2) is 36.5 Å². The van der Waals surface area contributed by atoms with Crippen molar-refractivity contribution in [3.05, 3.63) is 47.1 Å². The number of aromatic nitrogens is 3. The molecular weight excluding hydrogens is 262 g/mol. The van der Waals surface area contributed by atoms with E-state index in [0.717, 1.165) is 11.2 Å². The summed E-state index contributed by atoms with van der Waals surface area (Å²) in [4.78, 5) is 4.36. The molecule has 5 nitrogen and oxygen atoms in total. The highest BCUT2D eigenvalue weighted by Crippen LogP contribution is 2.26. The molecule has 0 aliphatic rings. The van der Waals surface area contributed by atoms with E-state index in [0.29, 0.717) is 22.3 Å². The van der Waals surface area contributed by atoms with Crippen LogP contribution in [0.2, 0.25) is 5.02 Å². The van der Waals surface area contributed by atoms with Gasteiger partial charge in [-0.1, -0.05) is 17.7 Å². The summed E-state index contributed by atoms with van der Waals surface area (Å²) in [6.07, 6.45) is 1.91. The lowest BCUT2D eigenvalue weighted by Gasteiger charge is -2.04. The van der Waals surface area contributed by atoms with E-state index in [1.54, 1.807) is 22.7 Å². The molecule has 0 radical (unpaired) electrons. The smallest absolute Gasteiger partial charge is 0.247 e. The number of aryl methyl sites for hydroxylation is 1. The zero-order valence-corrected chi connectivity index (χ0v) is 11.0. The third kappa shape index (κ3) is 2.32. The molecule has 3 aromatic rings. The van der Waals surface area contributed by atoms with Crippen molar-refractivity contribution in [2.45, 2.75) is 6.92 Å². The Morgan fingerprint density at radius 1 is 1.26 bits per heavy atom. The van der Waals surface area contributed by atoms with Crippen molar-refractivity contribution in [1.29, 1.82) is 0 Å². The van der Waals surface area contributed by atoms with Crippen molar-refractivity contribution in [3.8, 4) is 0 Å². The van der Waals surface area contributed by atoms with Gasteiger partial charge in [0, 0.05) is 11.9 Å². The van der Waals surface area contributed by atoms with Crippen molar-refractivity contribution >= 4 is 34.6 Å². The first-order valence-electron chi connectivity index (χ1n) is 5.77. The fourth-order valence-corrected chi connectivity index (χ4v) is 1.96. The molecule has 3 N–H and O–H groups in total. The molecule has 19 heavy (non-hydrogen) atoms. The summed E-state index contributed by atoms with van der Waals surface area (Å²) >= 11 is 6.09. The number of nitrogens with two attached hydrogens (primary N) is 1. The number of rotatable bonds is 2. The molecule has 0 atom stereocenters. The molecule has 2 heterocycles. The number of nitrogen functional groups attached to an aromatic ring is 1. The van der Waals surface area contributed by atoms with Gasteiger partial charge in [-0.25, -0.2) is 4.52 Å². The highest BCUT2D eigenvalue weighted by molar-refractivity contribution is 6.33. The molecule has 96 valence electrons. The lowest BCUT2D eigenvalue weighted by Crippen LogP contribution is -1.95. The summed E-state index contributed by atoms with van der Waals surface area (Å²) < 4.78 is 1.72. The molecule has 0 spiro atoms. The second-order valence-corrected chi connectivity index (χ2v) is 4.72. The van der Waals surface area contributed by atoms with Crippen molar-refractivity contribution < 1.29 is 0 Å². The SMILES string of the molecule is Cc1ccc2nc(Nc3cc(N)ccc3Cl)nn2c1. The maximum atomic E-state index is 6.09. The number of fused-ring (bicyclic) bond motifs is 1. The molecule has 3 rings (SSSR count). The van der Waals surface area contributed by atoms with E-state index in [9.17, 15) is 0 Å². The van der Waals surface area contributed by atoms with Gasteiger partial charge < -0.3 is 11.1 Å². The lowest BCUT2D eigenvalue weighted by atomic mass is 10.3. The Morgan fingerprint density at radius 2 is 2.11 bits per heavy atom. The number of pyridine rings is 1. The van der Waals surface area contributed by atoms with Crippen LogP contribution in [-0.4, -0.2) is 14.6 Å². The molecule has 0 aliphatic heterocycles. The van der Waals surface area contributed by atoms with Crippen molar-refractivity contribution in [2.24, 2.45) is 0 Å². The topological polar surface area (TPSA) is 68.2 Å². The second-order valence-electron chi connectivity index (χ2n) is 4.31. The predicted molar refractivity (Wildman–Crippen MR) is 76.9 cm³/mol. The first kappa shape index (κ1) is 11.8. The molecular formula is C13H12ClN5. The third-order valence-corrected chi connectivity index (χ3v) is 3.05. The number of benzene rings is 1. The van der Waals surface area contributed by atoms with E-state index in [4.69, 9.17) is 17.3 Å². The van der Waals surface area contributed by atoms with Crippen LogP contribution in [0.3, 0.4) is 0 Å². The minimum Gasteiger partial charge on any atom is -0.399 e. The summed E-state index contributed by atoms with van der Waals surface area (Å²) in [5.74, 6) is 0.484. The normalized spacial score (nSPS) is 10.8. The molecule has 6 heteroatoms. The van der Waals surface area contributed by atoms with Gasteiger partial charge in [0.2, 0.25) is 5.95 Å². The maximum absolute atomic E-state index is 6.09. The molecule has 0 aliphatic carbocycles. The van der Waals surface area contributed by atoms with Crippen molar-refractivity contribution in [1.82, 2.24) is 14.6 Å². The first-order chi connectivity index (χ1) is 9.11. The van der Waals surface area contributed by atoms with Gasteiger partial charge >= 0.3 is 0 Å². The van der Waals surface area contributed by atoms with Crippen molar-refractivity contribution in [2.75, 3.05) is 11.1 Å². The molecule has 0 bridgehead atoms. The lowest BCUT2D eigenvalue weighted by molar-refractivity contribution is 0.956. The minimum absolute atomic E-state index is 0.484. The first-order valence-corrected chi connectivity index (χ1v) is 6.15. The number of halogens is 1. The van der Waals surface area contributed by atoms with E-state index in [2.05, 4.69) is 15.4 Å². The molecule has 2 aromatic heterocycles. The molecule has 0 saturated carbocycles. The Hall–Kier alpha value is -2.27. The fraction of sp³-hybridized carbons (Fsp3) is 0.0769. The number of hydrogen-bond donors (Lipinski definition) is 2. The highest BCUT2D eigenvalue weighted by Gasteiger charge is 2.06. The molecule has 1 aromatic carbocycles. The van der Waals surface area contributed by atoms with Crippen LogP contribution < -0.4 is 11.1 Å². The summed E-state index contributed by atoms with van der Waals surface area (Å²) in [6.45, 7) is 2.00. The van der Waals surface area contributed by atoms with Crippen LogP contribution in [0.4, 0.5) is 17.3 Å². The van der Waals surface area contributed by atoms with Crippen LogP contribution in [0.5, 0.6) is 0 Å². The minimum atomic E-state index is 0.484. The Labute approximate surface area is 115 Å². The average Bonchev–Trinajstić information content (AvgIpc) is 2.75. The number of hydrogen-bond acceptors (Lipinski definition) is 4.